The fourth-order valence-electron chi connectivity index (χ4n) is 3.62. The molecule has 2 amide bonds. The van der Waals surface area contributed by atoms with E-state index in [1.807, 2.05) is 30.9 Å². The number of carbonyl (C=O) groups excluding carboxylic acids is 2. The van der Waals surface area contributed by atoms with Gasteiger partial charge in [0.1, 0.15) is 9.71 Å². The van der Waals surface area contributed by atoms with Crippen molar-refractivity contribution >= 4 is 39.1 Å². The molecule has 0 spiro atoms. The van der Waals surface area contributed by atoms with Gasteiger partial charge in [-0.3, -0.25) is 9.59 Å². The number of thiophene rings is 1. The number of fused-ring (bicyclic) bond motifs is 1. The molecular formula is C19H26N4O2S. The third-order valence-electron chi connectivity index (χ3n) is 5.15. The zero-order valence-corrected chi connectivity index (χ0v) is 16.6. The second-order valence-corrected chi connectivity index (χ2v) is 8.55. The lowest BCUT2D eigenvalue weighted by atomic mass is 9.78. The van der Waals surface area contributed by atoms with E-state index in [1.54, 1.807) is 7.05 Å². The normalized spacial score (nSPS) is 20.6. The van der Waals surface area contributed by atoms with Gasteiger partial charge in [0.15, 0.2) is 0 Å². The van der Waals surface area contributed by atoms with Crippen molar-refractivity contribution in [2.45, 2.75) is 39.0 Å². The van der Waals surface area contributed by atoms with Crippen LogP contribution in [0.15, 0.2) is 12.1 Å². The predicted molar refractivity (Wildman–Crippen MR) is 105 cm³/mol. The Morgan fingerprint density at radius 3 is 2.77 bits per heavy atom. The Balaban J connectivity index is 1.96. The summed E-state index contributed by atoms with van der Waals surface area (Å²) >= 11 is 1.32. The highest BCUT2D eigenvalue weighted by atomic mass is 32.1. The highest BCUT2D eigenvalue weighted by Gasteiger charge is 2.36. The summed E-state index contributed by atoms with van der Waals surface area (Å²) < 4.78 is 0. The molecule has 0 aromatic carbocycles. The molecule has 0 radical (unpaired) electrons. The van der Waals surface area contributed by atoms with Crippen LogP contribution in [-0.2, 0) is 10.2 Å². The quantitative estimate of drug-likeness (QED) is 0.865. The largest absolute Gasteiger partial charge is 0.397 e. The van der Waals surface area contributed by atoms with Gasteiger partial charge < -0.3 is 16.0 Å². The summed E-state index contributed by atoms with van der Waals surface area (Å²) in [5, 5.41) is 3.43. The fraction of sp³-hybridized carbons (Fsp3) is 0.526. The van der Waals surface area contributed by atoms with Crippen molar-refractivity contribution in [3.05, 3.63) is 22.7 Å². The number of likely N-dealkylation sites (tertiary alicyclic amines) is 1. The molecule has 1 aliphatic rings. The molecule has 6 nitrogen and oxygen atoms in total. The molecule has 0 unspecified atom stereocenters. The van der Waals surface area contributed by atoms with Crippen molar-refractivity contribution in [2.75, 3.05) is 25.9 Å². The lowest BCUT2D eigenvalue weighted by Gasteiger charge is -2.40. The van der Waals surface area contributed by atoms with Crippen molar-refractivity contribution in [3.8, 4) is 0 Å². The van der Waals surface area contributed by atoms with E-state index in [0.29, 0.717) is 17.1 Å². The molecule has 1 fully saturated rings. The van der Waals surface area contributed by atoms with E-state index in [2.05, 4.69) is 12.2 Å². The van der Waals surface area contributed by atoms with Crippen LogP contribution in [0.3, 0.4) is 0 Å². The molecule has 2 aromatic heterocycles. The van der Waals surface area contributed by atoms with E-state index in [1.165, 1.54) is 11.3 Å². The van der Waals surface area contributed by atoms with Gasteiger partial charge in [-0.1, -0.05) is 20.8 Å². The molecule has 26 heavy (non-hydrogen) atoms. The van der Waals surface area contributed by atoms with Crippen molar-refractivity contribution < 1.29 is 9.59 Å². The minimum atomic E-state index is -0.192. The van der Waals surface area contributed by atoms with Crippen LogP contribution in [0.1, 0.15) is 49.0 Å². The van der Waals surface area contributed by atoms with E-state index in [0.717, 1.165) is 35.3 Å². The Kier molecular flexibility index (Phi) is 4.92. The van der Waals surface area contributed by atoms with Gasteiger partial charge in [-0.15, -0.1) is 11.3 Å². The highest BCUT2D eigenvalue weighted by molar-refractivity contribution is 7.21. The molecule has 2 aromatic rings. The first kappa shape index (κ1) is 18.6. The number of nitrogen functional groups attached to an aromatic ring is 1. The van der Waals surface area contributed by atoms with Gasteiger partial charge in [0.2, 0.25) is 5.91 Å². The van der Waals surface area contributed by atoms with Crippen LogP contribution in [0.4, 0.5) is 5.69 Å². The van der Waals surface area contributed by atoms with E-state index in [-0.39, 0.29) is 23.1 Å². The van der Waals surface area contributed by atoms with Crippen LogP contribution in [0.25, 0.3) is 10.2 Å². The molecule has 140 valence electrons. The van der Waals surface area contributed by atoms with Gasteiger partial charge in [-0.2, -0.15) is 0 Å². The second kappa shape index (κ2) is 6.87. The highest BCUT2D eigenvalue weighted by Crippen LogP contribution is 2.37. The van der Waals surface area contributed by atoms with Gasteiger partial charge in [-0.05, 0) is 25.0 Å². The fourth-order valence-corrected chi connectivity index (χ4v) is 4.66. The molecule has 7 heteroatoms. The number of piperidine rings is 1. The van der Waals surface area contributed by atoms with E-state index < -0.39 is 0 Å². The molecular weight excluding hydrogens is 348 g/mol. The van der Waals surface area contributed by atoms with E-state index in [9.17, 15) is 9.59 Å². The van der Waals surface area contributed by atoms with Crippen molar-refractivity contribution in [2.24, 2.45) is 5.92 Å². The molecule has 3 N–H and O–H groups in total. The van der Waals surface area contributed by atoms with Gasteiger partial charge in [0, 0.05) is 42.6 Å². The molecule has 1 aliphatic heterocycles. The molecule has 1 saturated heterocycles. The number of aromatic nitrogens is 1. The Labute approximate surface area is 157 Å². The van der Waals surface area contributed by atoms with E-state index >= 15 is 0 Å². The van der Waals surface area contributed by atoms with E-state index in [4.69, 9.17) is 10.7 Å². The number of carbonyl (C=O) groups is 2. The third-order valence-corrected chi connectivity index (χ3v) is 6.26. The molecule has 0 bridgehead atoms. The van der Waals surface area contributed by atoms with Gasteiger partial charge >= 0.3 is 0 Å². The number of rotatable bonds is 3. The Bertz CT molecular complexity index is 861. The number of hydrogen-bond acceptors (Lipinski definition) is 5. The number of hydrogen-bond donors (Lipinski definition) is 2. The monoisotopic (exact) mass is 374 g/mol. The predicted octanol–water partition coefficient (Wildman–Crippen LogP) is 2.77. The second-order valence-electron chi connectivity index (χ2n) is 7.55. The lowest BCUT2D eigenvalue weighted by molar-refractivity contribution is -0.136. The number of pyridine rings is 1. The van der Waals surface area contributed by atoms with Gasteiger partial charge in [0.05, 0.1) is 5.69 Å². The van der Waals surface area contributed by atoms with Crippen LogP contribution >= 0.6 is 11.3 Å². The molecule has 3 heterocycles. The Morgan fingerprint density at radius 2 is 2.12 bits per heavy atom. The van der Waals surface area contributed by atoms with Crippen molar-refractivity contribution in [3.63, 3.8) is 0 Å². The summed E-state index contributed by atoms with van der Waals surface area (Å²) in [5.74, 6) is 0.00362. The number of nitrogens with two attached hydrogens (primary N) is 1. The van der Waals surface area contributed by atoms with Crippen LogP contribution in [-0.4, -0.2) is 41.8 Å². The van der Waals surface area contributed by atoms with Crippen LogP contribution in [0, 0.1) is 5.92 Å². The first-order valence-corrected chi connectivity index (χ1v) is 9.79. The number of nitrogens with one attached hydrogen (secondary N) is 1. The average Bonchev–Trinajstić information content (AvgIpc) is 2.96. The first-order valence-electron chi connectivity index (χ1n) is 8.97. The molecule has 0 saturated carbocycles. The summed E-state index contributed by atoms with van der Waals surface area (Å²) in [4.78, 5) is 32.5. The molecule has 0 aliphatic carbocycles. The number of nitrogens with zero attached hydrogens (tertiary/aromatic N) is 2. The summed E-state index contributed by atoms with van der Waals surface area (Å²) in [7, 11) is 1.59. The van der Waals surface area contributed by atoms with Crippen LogP contribution in [0.5, 0.6) is 0 Å². The average molecular weight is 375 g/mol. The summed E-state index contributed by atoms with van der Waals surface area (Å²) in [5.41, 5.74) is 7.37. The molecule has 1 atom stereocenters. The van der Waals surface area contributed by atoms with Gasteiger partial charge in [0.25, 0.3) is 5.91 Å². The maximum atomic E-state index is 12.4. The zero-order chi connectivity index (χ0) is 19.1. The van der Waals surface area contributed by atoms with Crippen molar-refractivity contribution in [1.29, 1.82) is 0 Å². The summed E-state index contributed by atoms with van der Waals surface area (Å²) in [6, 6.07) is 3.94. The van der Waals surface area contributed by atoms with Crippen LogP contribution in [0.2, 0.25) is 0 Å². The molecule has 3 rings (SSSR count). The maximum Gasteiger partial charge on any atom is 0.263 e. The van der Waals surface area contributed by atoms with Gasteiger partial charge in [-0.25, -0.2) is 4.98 Å². The zero-order valence-electron chi connectivity index (χ0n) is 15.8. The summed E-state index contributed by atoms with van der Waals surface area (Å²) in [6.07, 6.45) is 1.95. The lowest BCUT2D eigenvalue weighted by Crippen LogP contribution is -2.48. The minimum Gasteiger partial charge on any atom is -0.397 e. The standard InChI is InChI=1S/C19H26N4O2S/c1-11(2)18(25)23-9-5-8-19(3,10-23)13-7-6-12-14(20)15(16(24)21-4)26-17(12)22-13/h6-7,11H,5,8-10,20H2,1-4H3,(H,21,24)/t19-/m0/s1. The minimum absolute atomic E-state index is 0.00000176. The third kappa shape index (κ3) is 3.16. The summed E-state index contributed by atoms with van der Waals surface area (Å²) in [6.45, 7) is 7.52. The SMILES string of the molecule is CNC(=O)c1sc2nc([C@@]3(C)CCCN(C(=O)C(C)C)C3)ccc2c1N. The number of anilines is 1. The van der Waals surface area contributed by atoms with Crippen LogP contribution < -0.4 is 11.1 Å². The number of amides is 2. The Hall–Kier alpha value is -2.15. The maximum absolute atomic E-state index is 12.4. The Morgan fingerprint density at radius 1 is 1.38 bits per heavy atom. The topological polar surface area (TPSA) is 88.3 Å². The van der Waals surface area contributed by atoms with Crippen molar-refractivity contribution in [1.82, 2.24) is 15.2 Å². The first-order chi connectivity index (χ1) is 12.3. The smallest absolute Gasteiger partial charge is 0.263 e.